The third-order valence-corrected chi connectivity index (χ3v) is 2.81. The zero-order valence-electron chi connectivity index (χ0n) is 11.7. The van der Waals surface area contributed by atoms with Crippen molar-refractivity contribution < 1.29 is 14.3 Å². The molecule has 0 aliphatic rings. The van der Waals surface area contributed by atoms with Crippen molar-refractivity contribution in [1.29, 1.82) is 0 Å². The highest BCUT2D eigenvalue weighted by molar-refractivity contribution is 5.81. The van der Waals surface area contributed by atoms with Gasteiger partial charge in [-0.15, -0.1) is 0 Å². The molecule has 0 unspecified atom stereocenters. The highest BCUT2D eigenvalue weighted by Gasteiger charge is 2.13. The fourth-order valence-electron chi connectivity index (χ4n) is 1.78. The highest BCUT2D eigenvalue weighted by atomic mass is 19.1. The number of halogens is 1. The van der Waals surface area contributed by atoms with Crippen LogP contribution in [0.2, 0.25) is 0 Å². The average molecular weight is 268 g/mol. The normalized spacial score (nSPS) is 10.4. The van der Waals surface area contributed by atoms with E-state index in [1.807, 2.05) is 11.8 Å². The number of anilines is 1. The molecule has 1 amide bonds. The lowest BCUT2D eigenvalue weighted by Gasteiger charge is -2.25. The molecule has 106 valence electrons. The lowest BCUT2D eigenvalue weighted by atomic mass is 10.2. The van der Waals surface area contributed by atoms with Gasteiger partial charge in [0.2, 0.25) is 5.91 Å². The standard InChI is InChI=1S/C14H21FN2O2/c1-4-5-17(9-14(19)16(2)3)13-7-11(10-18)6-12(15)8-13/h6-8,18H,4-5,9-10H2,1-3H3. The van der Waals surface area contributed by atoms with Gasteiger partial charge in [0.1, 0.15) is 5.82 Å². The van der Waals surface area contributed by atoms with E-state index in [1.54, 1.807) is 20.2 Å². The maximum absolute atomic E-state index is 13.5. The van der Waals surface area contributed by atoms with Crippen LogP contribution in [0.3, 0.4) is 0 Å². The van der Waals surface area contributed by atoms with Crippen LogP contribution in [0.4, 0.5) is 10.1 Å². The molecule has 0 heterocycles. The van der Waals surface area contributed by atoms with Crippen LogP contribution in [0.5, 0.6) is 0 Å². The van der Waals surface area contributed by atoms with Crippen LogP contribution in [0, 0.1) is 5.82 Å². The maximum atomic E-state index is 13.5. The summed E-state index contributed by atoms with van der Waals surface area (Å²) in [6.07, 6.45) is 0.853. The molecule has 0 bridgehead atoms. The quantitative estimate of drug-likeness (QED) is 0.852. The zero-order chi connectivity index (χ0) is 14.4. The summed E-state index contributed by atoms with van der Waals surface area (Å²) in [5.41, 5.74) is 1.13. The number of hydrogen-bond acceptors (Lipinski definition) is 3. The van der Waals surface area contributed by atoms with E-state index in [2.05, 4.69) is 0 Å². The van der Waals surface area contributed by atoms with Crippen LogP contribution in [-0.2, 0) is 11.4 Å². The van der Waals surface area contributed by atoms with Gasteiger partial charge in [0, 0.05) is 26.3 Å². The second-order valence-electron chi connectivity index (χ2n) is 4.69. The summed E-state index contributed by atoms with van der Waals surface area (Å²) in [5, 5.41) is 9.11. The number of hydrogen-bond donors (Lipinski definition) is 1. The second kappa shape index (κ2) is 7.09. The van der Waals surface area contributed by atoms with E-state index in [0.29, 0.717) is 17.8 Å². The van der Waals surface area contributed by atoms with Gasteiger partial charge in [-0.3, -0.25) is 4.79 Å². The van der Waals surface area contributed by atoms with E-state index in [9.17, 15) is 9.18 Å². The Labute approximate surface area is 113 Å². The molecular formula is C14H21FN2O2. The molecule has 0 aliphatic carbocycles. The van der Waals surface area contributed by atoms with E-state index in [-0.39, 0.29) is 19.1 Å². The molecule has 5 heteroatoms. The molecule has 1 rings (SSSR count). The first-order chi connectivity index (χ1) is 8.97. The number of amides is 1. The van der Waals surface area contributed by atoms with Gasteiger partial charge in [-0.25, -0.2) is 4.39 Å². The number of nitrogens with zero attached hydrogens (tertiary/aromatic N) is 2. The molecule has 0 aliphatic heterocycles. The second-order valence-corrected chi connectivity index (χ2v) is 4.69. The molecule has 0 radical (unpaired) electrons. The summed E-state index contributed by atoms with van der Waals surface area (Å²) in [6, 6.07) is 4.39. The Bertz CT molecular complexity index is 435. The summed E-state index contributed by atoms with van der Waals surface area (Å²) in [4.78, 5) is 15.1. The Hall–Kier alpha value is -1.62. The molecule has 19 heavy (non-hydrogen) atoms. The predicted molar refractivity (Wildman–Crippen MR) is 73.5 cm³/mol. The van der Waals surface area contributed by atoms with E-state index in [0.717, 1.165) is 6.42 Å². The van der Waals surface area contributed by atoms with Crippen molar-refractivity contribution in [2.24, 2.45) is 0 Å². The van der Waals surface area contributed by atoms with Crippen molar-refractivity contribution >= 4 is 11.6 Å². The molecular weight excluding hydrogens is 247 g/mol. The minimum Gasteiger partial charge on any atom is -0.392 e. The van der Waals surface area contributed by atoms with Crippen LogP contribution in [0.25, 0.3) is 0 Å². The summed E-state index contributed by atoms with van der Waals surface area (Å²) in [5.74, 6) is -0.441. The maximum Gasteiger partial charge on any atom is 0.241 e. The molecule has 0 atom stereocenters. The summed E-state index contributed by atoms with van der Waals surface area (Å²) in [6.45, 7) is 2.65. The molecule has 1 aromatic carbocycles. The monoisotopic (exact) mass is 268 g/mol. The number of aliphatic hydroxyl groups is 1. The SMILES string of the molecule is CCCN(CC(=O)N(C)C)c1cc(F)cc(CO)c1. The molecule has 1 N–H and O–H groups in total. The summed E-state index contributed by atoms with van der Waals surface area (Å²) < 4.78 is 13.5. The minimum absolute atomic E-state index is 0.0386. The van der Waals surface area contributed by atoms with E-state index >= 15 is 0 Å². The molecule has 0 saturated heterocycles. The van der Waals surface area contributed by atoms with Crippen LogP contribution < -0.4 is 4.90 Å². The molecule has 0 fully saturated rings. The minimum atomic E-state index is -0.403. The van der Waals surface area contributed by atoms with Crippen molar-refractivity contribution in [3.8, 4) is 0 Å². The molecule has 0 spiro atoms. The largest absolute Gasteiger partial charge is 0.392 e. The van der Waals surface area contributed by atoms with Crippen LogP contribution in [0.15, 0.2) is 18.2 Å². The van der Waals surface area contributed by atoms with Gasteiger partial charge in [0.05, 0.1) is 13.2 Å². The van der Waals surface area contributed by atoms with Crippen molar-refractivity contribution in [1.82, 2.24) is 4.90 Å². The van der Waals surface area contributed by atoms with Gasteiger partial charge in [-0.1, -0.05) is 6.92 Å². The Kier molecular flexibility index (Phi) is 5.76. The van der Waals surface area contributed by atoms with Gasteiger partial charge in [-0.2, -0.15) is 0 Å². The fraction of sp³-hybridized carbons (Fsp3) is 0.500. The topological polar surface area (TPSA) is 43.8 Å². The highest BCUT2D eigenvalue weighted by Crippen LogP contribution is 2.19. The molecule has 1 aromatic rings. The van der Waals surface area contributed by atoms with E-state index < -0.39 is 5.82 Å². The van der Waals surface area contributed by atoms with Crippen LogP contribution in [-0.4, -0.2) is 43.1 Å². The van der Waals surface area contributed by atoms with Crippen molar-refractivity contribution in [3.63, 3.8) is 0 Å². The molecule has 0 saturated carbocycles. The summed E-state index contributed by atoms with van der Waals surface area (Å²) in [7, 11) is 3.38. The zero-order valence-corrected chi connectivity index (χ0v) is 11.7. The first-order valence-corrected chi connectivity index (χ1v) is 6.33. The lowest BCUT2D eigenvalue weighted by molar-refractivity contribution is -0.127. The van der Waals surface area contributed by atoms with E-state index in [1.165, 1.54) is 17.0 Å². The Morgan fingerprint density at radius 1 is 1.32 bits per heavy atom. The molecule has 4 nitrogen and oxygen atoms in total. The van der Waals surface area contributed by atoms with Crippen molar-refractivity contribution in [3.05, 3.63) is 29.6 Å². The van der Waals surface area contributed by atoms with E-state index in [4.69, 9.17) is 5.11 Å². The third-order valence-electron chi connectivity index (χ3n) is 2.81. The number of likely N-dealkylation sites (N-methyl/N-ethyl adjacent to an activating group) is 1. The van der Waals surface area contributed by atoms with Crippen molar-refractivity contribution in [2.45, 2.75) is 20.0 Å². The van der Waals surface area contributed by atoms with Gasteiger partial charge in [0.25, 0.3) is 0 Å². The van der Waals surface area contributed by atoms with Gasteiger partial charge < -0.3 is 14.9 Å². The number of benzene rings is 1. The first kappa shape index (κ1) is 15.4. The Balaban J connectivity index is 2.97. The summed E-state index contributed by atoms with van der Waals surface area (Å²) >= 11 is 0. The van der Waals surface area contributed by atoms with Crippen LogP contribution >= 0.6 is 0 Å². The average Bonchev–Trinajstić information content (AvgIpc) is 2.37. The van der Waals surface area contributed by atoms with Crippen LogP contribution in [0.1, 0.15) is 18.9 Å². The van der Waals surface area contributed by atoms with Gasteiger partial charge in [0.15, 0.2) is 0 Å². The Morgan fingerprint density at radius 3 is 2.53 bits per heavy atom. The molecule has 0 aromatic heterocycles. The number of aliphatic hydroxyl groups excluding tert-OH is 1. The van der Waals surface area contributed by atoms with Gasteiger partial charge in [-0.05, 0) is 30.2 Å². The third kappa shape index (κ3) is 4.52. The number of carbonyl (C=O) groups is 1. The lowest BCUT2D eigenvalue weighted by Crippen LogP contribution is -2.37. The predicted octanol–water partition coefficient (Wildman–Crippen LogP) is 1.62. The number of rotatable bonds is 6. The fourth-order valence-corrected chi connectivity index (χ4v) is 1.78. The Morgan fingerprint density at radius 2 is 2.00 bits per heavy atom. The first-order valence-electron chi connectivity index (χ1n) is 6.33. The van der Waals surface area contributed by atoms with Gasteiger partial charge >= 0.3 is 0 Å². The van der Waals surface area contributed by atoms with Crippen molar-refractivity contribution in [2.75, 3.05) is 32.1 Å². The number of carbonyl (C=O) groups excluding carboxylic acids is 1. The smallest absolute Gasteiger partial charge is 0.241 e.